The molecule has 2 aromatic carbocycles. The lowest BCUT2D eigenvalue weighted by Gasteiger charge is -2.28. The monoisotopic (exact) mass is 392 g/mol. The topological polar surface area (TPSA) is 54.9 Å². The van der Waals surface area contributed by atoms with Crippen LogP contribution in [0.25, 0.3) is 22.1 Å². The molecule has 0 aliphatic carbocycles. The highest BCUT2D eigenvalue weighted by molar-refractivity contribution is 5.96. The highest BCUT2D eigenvalue weighted by atomic mass is 16.4. The fourth-order valence-corrected chi connectivity index (χ4v) is 4.49. The van der Waals surface area contributed by atoms with Gasteiger partial charge in [-0.15, -0.1) is 0 Å². The van der Waals surface area contributed by atoms with Crippen molar-refractivity contribution in [3.63, 3.8) is 0 Å². The van der Waals surface area contributed by atoms with Gasteiger partial charge in [-0.05, 0) is 47.9 Å². The summed E-state index contributed by atoms with van der Waals surface area (Å²) in [6.45, 7) is 7.28. The molecule has 0 amide bonds. The highest BCUT2D eigenvalue weighted by Crippen LogP contribution is 2.36. The first-order valence-electron chi connectivity index (χ1n) is 10.8. The summed E-state index contributed by atoms with van der Waals surface area (Å²) in [5.41, 5.74) is 3.75. The number of quaternary nitrogens is 1. The third-order valence-electron chi connectivity index (χ3n) is 6.19. The van der Waals surface area contributed by atoms with Crippen LogP contribution in [0.1, 0.15) is 44.2 Å². The molecule has 4 nitrogen and oxygen atoms in total. The number of aryl methyl sites for hydroxylation is 1. The second-order valence-corrected chi connectivity index (χ2v) is 8.44. The molecule has 1 fully saturated rings. The summed E-state index contributed by atoms with van der Waals surface area (Å²) >= 11 is 0. The van der Waals surface area contributed by atoms with Gasteiger partial charge in [0.05, 0.1) is 18.7 Å². The van der Waals surface area contributed by atoms with Gasteiger partial charge in [-0.3, -0.25) is 0 Å². The molecular weight excluding hydrogens is 362 g/mol. The van der Waals surface area contributed by atoms with Gasteiger partial charge in [-0.2, -0.15) is 0 Å². The molecule has 2 heterocycles. The summed E-state index contributed by atoms with van der Waals surface area (Å²) in [7, 11) is 0. The van der Waals surface area contributed by atoms with Crippen molar-refractivity contribution in [1.82, 2.24) is 0 Å². The van der Waals surface area contributed by atoms with Gasteiger partial charge >= 0.3 is 5.63 Å². The molecule has 4 rings (SSSR count). The summed E-state index contributed by atoms with van der Waals surface area (Å²) in [5, 5.41) is 12.0. The van der Waals surface area contributed by atoms with E-state index in [1.54, 1.807) is 6.07 Å². The molecule has 1 aromatic heterocycles. The maximum atomic E-state index is 12.4. The fourth-order valence-electron chi connectivity index (χ4n) is 4.49. The van der Waals surface area contributed by atoms with Crippen molar-refractivity contribution >= 4 is 11.0 Å². The Kier molecular flexibility index (Phi) is 5.72. The van der Waals surface area contributed by atoms with Crippen LogP contribution in [-0.2, 0) is 13.0 Å². The second kappa shape index (κ2) is 8.42. The Hall–Kier alpha value is -2.59. The van der Waals surface area contributed by atoms with E-state index < -0.39 is 0 Å². The molecule has 4 heteroatoms. The van der Waals surface area contributed by atoms with Crippen LogP contribution in [-0.4, -0.2) is 18.2 Å². The van der Waals surface area contributed by atoms with E-state index in [9.17, 15) is 9.90 Å². The number of hydrogen-bond acceptors (Lipinski definition) is 3. The molecule has 1 saturated heterocycles. The van der Waals surface area contributed by atoms with Gasteiger partial charge in [0.1, 0.15) is 12.3 Å². The number of nitrogens with one attached hydrogen (secondary N) is 1. The molecule has 0 spiro atoms. The average molecular weight is 393 g/mol. The summed E-state index contributed by atoms with van der Waals surface area (Å²) < 4.78 is 5.70. The van der Waals surface area contributed by atoms with Gasteiger partial charge in [-0.25, -0.2) is 4.79 Å². The van der Waals surface area contributed by atoms with Gasteiger partial charge in [0, 0.05) is 11.5 Å². The van der Waals surface area contributed by atoms with E-state index in [0.29, 0.717) is 17.9 Å². The standard InChI is InChI=1S/C25H29NO3/c1-3-7-19-14-21-20(18-8-5-4-6-9-18)15-23(27)29-25(21)22(24(19)28)16-26-12-10-17(2)11-13-26/h4-6,8-9,14-15,17,28H,3,7,10-13,16H2,1-2H3/p+1. The van der Waals surface area contributed by atoms with Crippen LogP contribution in [0.15, 0.2) is 51.7 Å². The maximum Gasteiger partial charge on any atom is 0.336 e. The minimum absolute atomic E-state index is 0.304. The van der Waals surface area contributed by atoms with E-state index in [1.165, 1.54) is 17.7 Å². The van der Waals surface area contributed by atoms with Gasteiger partial charge in [0.25, 0.3) is 0 Å². The number of likely N-dealkylation sites (tertiary alicyclic amines) is 1. The van der Waals surface area contributed by atoms with Crippen molar-refractivity contribution in [3.05, 3.63) is 64.0 Å². The van der Waals surface area contributed by atoms with Gasteiger partial charge in [0.15, 0.2) is 5.58 Å². The predicted molar refractivity (Wildman–Crippen MR) is 116 cm³/mol. The van der Waals surface area contributed by atoms with Crippen LogP contribution in [0.2, 0.25) is 0 Å². The Labute approximate surface area is 171 Å². The third kappa shape index (κ3) is 4.08. The van der Waals surface area contributed by atoms with Crippen LogP contribution in [0.4, 0.5) is 0 Å². The Morgan fingerprint density at radius 2 is 1.86 bits per heavy atom. The van der Waals surface area contributed by atoms with E-state index in [4.69, 9.17) is 4.42 Å². The van der Waals surface area contributed by atoms with Crippen molar-refractivity contribution in [3.8, 4) is 16.9 Å². The molecular formula is C25H30NO3+. The fraction of sp³-hybridized carbons (Fsp3) is 0.400. The third-order valence-corrected chi connectivity index (χ3v) is 6.19. The second-order valence-electron chi connectivity index (χ2n) is 8.44. The predicted octanol–water partition coefficient (Wildman–Crippen LogP) is 3.93. The van der Waals surface area contributed by atoms with Gasteiger partial charge in [0.2, 0.25) is 0 Å². The molecule has 0 bridgehead atoms. The van der Waals surface area contributed by atoms with Crippen molar-refractivity contribution in [1.29, 1.82) is 0 Å². The lowest BCUT2D eigenvalue weighted by molar-refractivity contribution is -0.919. The quantitative estimate of drug-likeness (QED) is 0.647. The number of phenolic OH excluding ortho intramolecular Hbond substituents is 1. The number of piperidine rings is 1. The zero-order valence-electron chi connectivity index (χ0n) is 17.3. The van der Waals surface area contributed by atoms with Crippen molar-refractivity contribution in [2.24, 2.45) is 5.92 Å². The minimum Gasteiger partial charge on any atom is -0.507 e. The molecule has 3 aromatic rings. The summed E-state index contributed by atoms with van der Waals surface area (Å²) in [6.07, 6.45) is 4.14. The Balaban J connectivity index is 1.90. The molecule has 0 unspecified atom stereocenters. The van der Waals surface area contributed by atoms with E-state index in [0.717, 1.165) is 59.5 Å². The number of fused-ring (bicyclic) bond motifs is 1. The number of hydrogen-bond donors (Lipinski definition) is 2. The summed E-state index contributed by atoms with van der Waals surface area (Å²) in [4.78, 5) is 13.9. The highest BCUT2D eigenvalue weighted by Gasteiger charge is 2.25. The van der Waals surface area contributed by atoms with Crippen LogP contribution in [0.3, 0.4) is 0 Å². The zero-order valence-corrected chi connectivity index (χ0v) is 17.3. The largest absolute Gasteiger partial charge is 0.507 e. The number of benzene rings is 2. The molecule has 1 aliphatic heterocycles. The van der Waals surface area contributed by atoms with Crippen LogP contribution in [0.5, 0.6) is 5.75 Å². The van der Waals surface area contributed by atoms with E-state index >= 15 is 0 Å². The minimum atomic E-state index is -0.373. The van der Waals surface area contributed by atoms with E-state index in [-0.39, 0.29) is 5.63 Å². The lowest BCUT2D eigenvalue weighted by atomic mass is 9.94. The van der Waals surface area contributed by atoms with Gasteiger partial charge in [-0.1, -0.05) is 50.6 Å². The smallest absolute Gasteiger partial charge is 0.336 e. The first-order chi connectivity index (χ1) is 14.1. The normalized spacial score (nSPS) is 19.5. The van der Waals surface area contributed by atoms with Gasteiger partial charge < -0.3 is 14.4 Å². The molecule has 29 heavy (non-hydrogen) atoms. The molecule has 0 radical (unpaired) electrons. The molecule has 0 atom stereocenters. The Morgan fingerprint density at radius 3 is 2.55 bits per heavy atom. The van der Waals surface area contributed by atoms with Crippen LogP contribution < -0.4 is 10.5 Å². The Bertz CT molecular complexity index is 1050. The molecule has 1 aliphatic rings. The molecule has 2 N–H and O–H groups in total. The molecule has 152 valence electrons. The molecule has 0 saturated carbocycles. The zero-order chi connectivity index (χ0) is 20.4. The SMILES string of the molecule is CCCc1cc2c(-c3ccccc3)cc(=O)oc2c(C[NH+]2CCC(C)CC2)c1O. The van der Waals surface area contributed by atoms with Crippen molar-refractivity contribution in [2.75, 3.05) is 13.1 Å². The number of rotatable bonds is 5. The van der Waals surface area contributed by atoms with Crippen LogP contribution in [0, 0.1) is 5.92 Å². The summed E-state index contributed by atoms with van der Waals surface area (Å²) in [6, 6.07) is 13.5. The number of phenols is 1. The first kappa shape index (κ1) is 19.7. The Morgan fingerprint density at radius 1 is 1.14 bits per heavy atom. The van der Waals surface area contributed by atoms with E-state index in [2.05, 4.69) is 13.8 Å². The maximum absolute atomic E-state index is 12.4. The lowest BCUT2D eigenvalue weighted by Crippen LogP contribution is -3.11. The average Bonchev–Trinajstić information content (AvgIpc) is 2.73. The van der Waals surface area contributed by atoms with Crippen LogP contribution >= 0.6 is 0 Å². The van der Waals surface area contributed by atoms with Crippen molar-refractivity contribution < 1.29 is 14.4 Å². The first-order valence-corrected chi connectivity index (χ1v) is 10.8. The summed E-state index contributed by atoms with van der Waals surface area (Å²) in [5.74, 6) is 1.07. The van der Waals surface area contributed by atoms with E-state index in [1.807, 2.05) is 36.4 Å². The van der Waals surface area contributed by atoms with Crippen molar-refractivity contribution in [2.45, 2.75) is 46.1 Å². The number of aromatic hydroxyl groups is 1.